The molecule has 2 N–H and O–H groups in total. The van der Waals surface area contributed by atoms with Crippen LogP contribution in [0.1, 0.15) is 36.7 Å². The summed E-state index contributed by atoms with van der Waals surface area (Å²) in [7, 11) is 0. The second-order valence-electron chi connectivity index (χ2n) is 5.73. The van der Waals surface area contributed by atoms with Gasteiger partial charge in [-0.2, -0.15) is 0 Å². The van der Waals surface area contributed by atoms with E-state index in [-0.39, 0.29) is 6.42 Å². The van der Waals surface area contributed by atoms with Gasteiger partial charge in [-0.05, 0) is 26.3 Å². The number of hydrogen-bond acceptors (Lipinski definition) is 3. The molecule has 2 rings (SSSR count). The van der Waals surface area contributed by atoms with Crippen molar-refractivity contribution in [2.75, 3.05) is 0 Å². The number of rotatable bonds is 1. The van der Waals surface area contributed by atoms with Gasteiger partial charge in [0.1, 0.15) is 0 Å². The molecular formula is C14H17NO3. The molecule has 0 aliphatic heterocycles. The molecule has 4 heteroatoms. The van der Waals surface area contributed by atoms with Crippen molar-refractivity contribution < 1.29 is 14.7 Å². The average Bonchev–Trinajstić information content (AvgIpc) is 2.51. The van der Waals surface area contributed by atoms with Crippen LogP contribution in [0.5, 0.6) is 0 Å². The smallest absolute Gasteiger partial charge is 0.260 e. The van der Waals surface area contributed by atoms with Gasteiger partial charge in [0.25, 0.3) is 5.91 Å². The van der Waals surface area contributed by atoms with Gasteiger partial charge in [-0.3, -0.25) is 9.59 Å². The Hall–Kier alpha value is -1.68. The minimum Gasteiger partial charge on any atom is -0.373 e. The maximum atomic E-state index is 12.1. The van der Waals surface area contributed by atoms with Gasteiger partial charge in [-0.15, -0.1) is 0 Å². The summed E-state index contributed by atoms with van der Waals surface area (Å²) in [5.41, 5.74) is -1.29. The molecule has 1 aliphatic carbocycles. The fourth-order valence-electron chi connectivity index (χ4n) is 2.10. The van der Waals surface area contributed by atoms with E-state index in [0.29, 0.717) is 11.1 Å². The molecule has 0 aromatic heterocycles. The van der Waals surface area contributed by atoms with Crippen LogP contribution < -0.4 is 5.32 Å². The van der Waals surface area contributed by atoms with Gasteiger partial charge < -0.3 is 10.4 Å². The summed E-state index contributed by atoms with van der Waals surface area (Å²) >= 11 is 0. The van der Waals surface area contributed by atoms with Gasteiger partial charge >= 0.3 is 0 Å². The minimum absolute atomic E-state index is 0.0456. The van der Waals surface area contributed by atoms with E-state index in [2.05, 4.69) is 5.32 Å². The van der Waals surface area contributed by atoms with Gasteiger partial charge in [-0.25, -0.2) is 0 Å². The van der Waals surface area contributed by atoms with Crippen LogP contribution in [0.25, 0.3) is 0 Å². The highest BCUT2D eigenvalue weighted by Gasteiger charge is 2.50. The largest absolute Gasteiger partial charge is 0.373 e. The van der Waals surface area contributed by atoms with Gasteiger partial charge in [0.15, 0.2) is 0 Å². The number of benzene rings is 1. The number of Topliss-reactive ketones (excluding diaryl/α,β-unsaturated/α-hetero) is 1. The molecule has 0 heterocycles. The lowest BCUT2D eigenvalue weighted by Crippen LogP contribution is -2.56. The van der Waals surface area contributed by atoms with Gasteiger partial charge in [0.05, 0.1) is 0 Å². The molecule has 96 valence electrons. The van der Waals surface area contributed by atoms with Crippen molar-refractivity contribution in [1.29, 1.82) is 0 Å². The molecule has 1 aromatic rings. The van der Waals surface area contributed by atoms with E-state index in [9.17, 15) is 14.7 Å². The maximum Gasteiger partial charge on any atom is 0.260 e. The zero-order valence-electron chi connectivity index (χ0n) is 10.8. The fourth-order valence-corrected chi connectivity index (χ4v) is 2.10. The van der Waals surface area contributed by atoms with Crippen LogP contribution in [-0.2, 0) is 11.2 Å². The van der Waals surface area contributed by atoms with Crippen molar-refractivity contribution in [3.05, 3.63) is 35.4 Å². The summed E-state index contributed by atoms with van der Waals surface area (Å²) in [6, 6.07) is 6.92. The molecule has 0 saturated heterocycles. The Morgan fingerprint density at radius 2 is 1.94 bits per heavy atom. The first kappa shape index (κ1) is 12.8. The standard InChI is InChI=1S/C14H17NO3/c1-13(2,3)15-12(17)14(18)8-9-6-4-5-7-10(9)11(14)16/h4-7,18H,8H2,1-3H3,(H,15,17)/t14-/m1/s1. The van der Waals surface area contributed by atoms with Gasteiger partial charge in [-0.1, -0.05) is 24.3 Å². The first-order valence-corrected chi connectivity index (χ1v) is 5.92. The van der Waals surface area contributed by atoms with E-state index in [4.69, 9.17) is 0 Å². The van der Waals surface area contributed by atoms with Gasteiger partial charge in [0, 0.05) is 17.5 Å². The summed E-state index contributed by atoms with van der Waals surface area (Å²) < 4.78 is 0. The zero-order valence-corrected chi connectivity index (χ0v) is 10.8. The van der Waals surface area contributed by atoms with E-state index in [1.165, 1.54) is 0 Å². The summed E-state index contributed by atoms with van der Waals surface area (Å²) in [6.45, 7) is 5.42. The maximum absolute atomic E-state index is 12.1. The van der Waals surface area contributed by atoms with Crippen molar-refractivity contribution >= 4 is 11.7 Å². The monoisotopic (exact) mass is 247 g/mol. The molecule has 1 amide bonds. The molecule has 0 bridgehead atoms. The summed E-state index contributed by atoms with van der Waals surface area (Å²) in [5.74, 6) is -1.14. The Labute approximate surface area is 106 Å². The molecular weight excluding hydrogens is 230 g/mol. The molecule has 0 spiro atoms. The predicted molar refractivity (Wildman–Crippen MR) is 67.3 cm³/mol. The highest BCUT2D eigenvalue weighted by Crippen LogP contribution is 2.30. The number of nitrogens with one attached hydrogen (secondary N) is 1. The van der Waals surface area contributed by atoms with E-state index in [1.54, 1.807) is 45.0 Å². The van der Waals surface area contributed by atoms with E-state index >= 15 is 0 Å². The summed E-state index contributed by atoms with van der Waals surface area (Å²) in [5, 5.41) is 13.0. The quantitative estimate of drug-likeness (QED) is 0.729. The normalized spacial score (nSPS) is 22.8. The zero-order chi connectivity index (χ0) is 13.6. The van der Waals surface area contributed by atoms with Crippen molar-refractivity contribution in [3.63, 3.8) is 0 Å². The molecule has 0 unspecified atom stereocenters. The highest BCUT2D eigenvalue weighted by molar-refractivity contribution is 6.20. The van der Waals surface area contributed by atoms with Crippen molar-refractivity contribution in [3.8, 4) is 0 Å². The van der Waals surface area contributed by atoms with Crippen molar-refractivity contribution in [2.24, 2.45) is 0 Å². The molecule has 1 aliphatic rings. The Kier molecular flexibility index (Phi) is 2.78. The lowest BCUT2D eigenvalue weighted by molar-refractivity contribution is -0.136. The summed E-state index contributed by atoms with van der Waals surface area (Å²) in [4.78, 5) is 24.2. The van der Waals surface area contributed by atoms with Gasteiger partial charge in [0.2, 0.25) is 11.4 Å². The fraction of sp³-hybridized carbons (Fsp3) is 0.429. The number of ketones is 1. The van der Waals surface area contributed by atoms with E-state index in [1.807, 2.05) is 0 Å². The third-order valence-corrected chi connectivity index (χ3v) is 2.95. The van der Waals surface area contributed by atoms with Crippen LogP contribution in [0, 0.1) is 0 Å². The van der Waals surface area contributed by atoms with Crippen LogP contribution in [0.2, 0.25) is 0 Å². The number of carbonyl (C=O) groups is 2. The lowest BCUT2D eigenvalue weighted by atomic mass is 9.96. The average molecular weight is 247 g/mol. The number of hydrogen-bond donors (Lipinski definition) is 2. The van der Waals surface area contributed by atoms with Crippen LogP contribution in [0.3, 0.4) is 0 Å². The minimum atomic E-state index is -1.96. The number of amides is 1. The highest BCUT2D eigenvalue weighted by atomic mass is 16.3. The number of carbonyl (C=O) groups excluding carboxylic acids is 2. The second-order valence-corrected chi connectivity index (χ2v) is 5.73. The predicted octanol–water partition coefficient (Wildman–Crippen LogP) is 1.07. The molecule has 18 heavy (non-hydrogen) atoms. The Morgan fingerprint density at radius 3 is 2.50 bits per heavy atom. The van der Waals surface area contributed by atoms with E-state index < -0.39 is 22.8 Å². The van der Waals surface area contributed by atoms with Crippen LogP contribution >= 0.6 is 0 Å². The first-order chi connectivity index (χ1) is 8.24. The SMILES string of the molecule is CC(C)(C)NC(=O)[C@@]1(O)Cc2ccccc2C1=O. The third-order valence-electron chi connectivity index (χ3n) is 2.95. The molecule has 0 fully saturated rings. The third kappa shape index (κ3) is 2.04. The van der Waals surface area contributed by atoms with Crippen LogP contribution in [0.4, 0.5) is 0 Å². The van der Waals surface area contributed by atoms with E-state index in [0.717, 1.165) is 0 Å². The molecule has 0 saturated carbocycles. The number of aliphatic hydroxyl groups is 1. The first-order valence-electron chi connectivity index (χ1n) is 5.92. The lowest BCUT2D eigenvalue weighted by Gasteiger charge is -2.27. The number of fused-ring (bicyclic) bond motifs is 1. The summed E-state index contributed by atoms with van der Waals surface area (Å²) in [6.07, 6.45) is 0.0456. The van der Waals surface area contributed by atoms with Crippen molar-refractivity contribution in [1.82, 2.24) is 5.32 Å². The molecule has 0 radical (unpaired) electrons. The van der Waals surface area contributed by atoms with Crippen LogP contribution in [-0.4, -0.2) is 27.9 Å². The Balaban J connectivity index is 2.31. The van der Waals surface area contributed by atoms with Crippen molar-refractivity contribution in [2.45, 2.75) is 38.3 Å². The molecule has 4 nitrogen and oxygen atoms in total. The Bertz CT molecular complexity index is 516. The van der Waals surface area contributed by atoms with Crippen LogP contribution in [0.15, 0.2) is 24.3 Å². The molecule has 1 atom stereocenters. The molecule has 1 aromatic carbocycles. The Morgan fingerprint density at radius 1 is 1.33 bits per heavy atom. The topological polar surface area (TPSA) is 66.4 Å². The second kappa shape index (κ2) is 3.92.